The summed E-state index contributed by atoms with van der Waals surface area (Å²) in [5.74, 6) is 1.12. The SMILES string of the molecule is [C-]#[N+]C[C@@H]1C[C@H]1CC#N. The van der Waals surface area contributed by atoms with E-state index in [9.17, 15) is 0 Å². The van der Waals surface area contributed by atoms with Crippen LogP contribution in [0.4, 0.5) is 0 Å². The van der Waals surface area contributed by atoms with Gasteiger partial charge in [0.1, 0.15) is 0 Å². The molecule has 1 aliphatic rings. The fourth-order valence-corrected chi connectivity index (χ4v) is 1.02. The Morgan fingerprint density at radius 3 is 3.00 bits per heavy atom. The van der Waals surface area contributed by atoms with Crippen LogP contribution in [-0.2, 0) is 0 Å². The number of nitrogens with zero attached hydrogens (tertiary/aromatic N) is 2. The average molecular weight is 120 g/mol. The highest BCUT2D eigenvalue weighted by Gasteiger charge is 2.38. The lowest BCUT2D eigenvalue weighted by Gasteiger charge is -1.80. The molecule has 0 spiro atoms. The van der Waals surface area contributed by atoms with Gasteiger partial charge in [-0.2, -0.15) is 5.26 Å². The van der Waals surface area contributed by atoms with Gasteiger partial charge >= 0.3 is 0 Å². The van der Waals surface area contributed by atoms with Gasteiger partial charge in [-0.1, -0.05) is 0 Å². The molecule has 0 bridgehead atoms. The average Bonchev–Trinajstić information content (AvgIpc) is 2.50. The van der Waals surface area contributed by atoms with E-state index in [4.69, 9.17) is 11.8 Å². The first-order valence-electron chi connectivity index (χ1n) is 3.08. The van der Waals surface area contributed by atoms with Crippen LogP contribution in [0.5, 0.6) is 0 Å². The molecule has 2 heteroatoms. The third kappa shape index (κ3) is 1.44. The van der Waals surface area contributed by atoms with Crippen LogP contribution >= 0.6 is 0 Å². The molecule has 1 rings (SSSR count). The van der Waals surface area contributed by atoms with Crippen molar-refractivity contribution in [3.8, 4) is 6.07 Å². The smallest absolute Gasteiger partial charge is 0.217 e. The highest BCUT2D eigenvalue weighted by molar-refractivity contribution is 4.95. The number of nitriles is 1. The lowest BCUT2D eigenvalue weighted by Crippen LogP contribution is -1.83. The minimum absolute atomic E-state index is 0.558. The van der Waals surface area contributed by atoms with Gasteiger partial charge in [-0.05, 0) is 12.3 Å². The molecule has 0 unspecified atom stereocenters. The zero-order chi connectivity index (χ0) is 6.69. The fourth-order valence-electron chi connectivity index (χ4n) is 1.02. The van der Waals surface area contributed by atoms with E-state index in [-0.39, 0.29) is 0 Å². The first-order valence-corrected chi connectivity index (χ1v) is 3.08. The van der Waals surface area contributed by atoms with Crippen molar-refractivity contribution in [2.24, 2.45) is 11.8 Å². The second kappa shape index (κ2) is 2.51. The highest BCUT2D eigenvalue weighted by atomic mass is 14.7. The first-order chi connectivity index (χ1) is 4.38. The second-order valence-electron chi connectivity index (χ2n) is 2.46. The second-order valence-corrected chi connectivity index (χ2v) is 2.46. The van der Waals surface area contributed by atoms with E-state index in [1.54, 1.807) is 0 Å². The predicted octanol–water partition coefficient (Wildman–Crippen LogP) is 1.46. The van der Waals surface area contributed by atoms with Crippen molar-refractivity contribution >= 4 is 0 Å². The molecule has 0 aromatic heterocycles. The Hall–Kier alpha value is -1.02. The largest absolute Gasteiger partial charge is 0.317 e. The quantitative estimate of drug-likeness (QED) is 0.507. The third-order valence-electron chi connectivity index (χ3n) is 1.75. The van der Waals surface area contributed by atoms with E-state index >= 15 is 0 Å². The molecule has 1 fully saturated rings. The molecule has 0 amide bonds. The maximum atomic E-state index is 8.24. The van der Waals surface area contributed by atoms with Crippen LogP contribution in [0.1, 0.15) is 12.8 Å². The molecule has 1 saturated carbocycles. The van der Waals surface area contributed by atoms with Crippen LogP contribution in [0.25, 0.3) is 4.85 Å². The van der Waals surface area contributed by atoms with Crippen molar-refractivity contribution in [3.05, 3.63) is 11.4 Å². The maximum absolute atomic E-state index is 8.24. The normalized spacial score (nSPS) is 30.4. The topological polar surface area (TPSA) is 28.1 Å². The molecule has 0 aliphatic heterocycles. The summed E-state index contributed by atoms with van der Waals surface area (Å²) < 4.78 is 0. The van der Waals surface area contributed by atoms with Crippen molar-refractivity contribution in [2.45, 2.75) is 12.8 Å². The van der Waals surface area contributed by atoms with Gasteiger partial charge in [-0.3, -0.25) is 0 Å². The van der Waals surface area contributed by atoms with Crippen LogP contribution in [0.3, 0.4) is 0 Å². The lowest BCUT2D eigenvalue weighted by atomic mass is 10.2. The Kier molecular flexibility index (Phi) is 1.70. The Labute approximate surface area is 54.9 Å². The van der Waals surface area contributed by atoms with Gasteiger partial charge in [-0.15, -0.1) is 0 Å². The molecule has 1 aliphatic carbocycles. The van der Waals surface area contributed by atoms with E-state index < -0.39 is 0 Å². The summed E-state index contributed by atoms with van der Waals surface area (Å²) >= 11 is 0. The standard InChI is InChI=1S/C7H8N2/c1-9-5-7-4-6(7)2-3-8/h6-7H,2,4-5H2/t6-,7+/m1/s1. The Morgan fingerprint density at radius 1 is 1.67 bits per heavy atom. The molecule has 0 radical (unpaired) electrons. The van der Waals surface area contributed by atoms with Crippen molar-refractivity contribution in [1.29, 1.82) is 5.26 Å². The third-order valence-corrected chi connectivity index (χ3v) is 1.75. The molecule has 0 saturated heterocycles. The summed E-state index contributed by atoms with van der Waals surface area (Å²) in [6.45, 7) is 7.17. The van der Waals surface area contributed by atoms with E-state index in [2.05, 4.69) is 10.9 Å². The minimum atomic E-state index is 0.558. The highest BCUT2D eigenvalue weighted by Crippen LogP contribution is 2.40. The minimum Gasteiger partial charge on any atom is -0.317 e. The van der Waals surface area contributed by atoms with Gasteiger partial charge in [0.05, 0.1) is 6.07 Å². The molecule has 2 atom stereocenters. The van der Waals surface area contributed by atoms with Gasteiger partial charge in [0.15, 0.2) is 0 Å². The molecule has 0 aromatic rings. The molecular weight excluding hydrogens is 112 g/mol. The summed E-state index contributed by atoms with van der Waals surface area (Å²) in [7, 11) is 0. The van der Waals surface area contributed by atoms with Gasteiger partial charge in [0, 0.05) is 12.3 Å². The van der Waals surface area contributed by atoms with Gasteiger partial charge in [0.2, 0.25) is 6.54 Å². The van der Waals surface area contributed by atoms with Crippen LogP contribution in [0, 0.1) is 29.7 Å². The predicted molar refractivity (Wildman–Crippen MR) is 33.3 cm³/mol. The van der Waals surface area contributed by atoms with Crippen molar-refractivity contribution in [2.75, 3.05) is 6.54 Å². The molecule has 0 heterocycles. The summed E-state index contributed by atoms with van der Waals surface area (Å²) in [4.78, 5) is 3.27. The molecule has 0 N–H and O–H groups in total. The van der Waals surface area contributed by atoms with E-state index in [1.807, 2.05) is 0 Å². The summed E-state index contributed by atoms with van der Waals surface area (Å²) in [6, 6.07) is 2.12. The van der Waals surface area contributed by atoms with Crippen molar-refractivity contribution < 1.29 is 0 Å². The molecular formula is C7H8N2. The molecule has 9 heavy (non-hydrogen) atoms. The zero-order valence-corrected chi connectivity index (χ0v) is 5.17. The lowest BCUT2D eigenvalue weighted by molar-refractivity contribution is 0.757. The van der Waals surface area contributed by atoms with Crippen LogP contribution in [-0.4, -0.2) is 6.54 Å². The summed E-state index contributed by atoms with van der Waals surface area (Å²) in [5.41, 5.74) is 0. The Bertz CT molecular complexity index is 152. The number of hydrogen-bond acceptors (Lipinski definition) is 1. The summed E-state index contributed by atoms with van der Waals surface area (Å²) in [5, 5.41) is 8.24. The Morgan fingerprint density at radius 2 is 2.44 bits per heavy atom. The van der Waals surface area contributed by atoms with Crippen LogP contribution in [0.2, 0.25) is 0 Å². The summed E-state index contributed by atoms with van der Waals surface area (Å²) in [6.07, 6.45) is 1.76. The number of rotatable bonds is 2. The fraction of sp³-hybridized carbons (Fsp3) is 0.714. The molecule has 0 aromatic carbocycles. The van der Waals surface area contributed by atoms with E-state index in [0.717, 1.165) is 6.42 Å². The van der Waals surface area contributed by atoms with Crippen molar-refractivity contribution in [3.63, 3.8) is 0 Å². The molecule has 46 valence electrons. The van der Waals surface area contributed by atoms with E-state index in [1.165, 1.54) is 0 Å². The van der Waals surface area contributed by atoms with Gasteiger partial charge in [-0.25, -0.2) is 6.57 Å². The molecule has 2 nitrogen and oxygen atoms in total. The number of hydrogen-bond donors (Lipinski definition) is 0. The van der Waals surface area contributed by atoms with Crippen LogP contribution in [0.15, 0.2) is 0 Å². The van der Waals surface area contributed by atoms with Gasteiger partial charge < -0.3 is 4.85 Å². The van der Waals surface area contributed by atoms with Crippen molar-refractivity contribution in [1.82, 2.24) is 0 Å². The maximum Gasteiger partial charge on any atom is 0.217 e. The van der Waals surface area contributed by atoms with E-state index in [0.29, 0.717) is 24.8 Å². The monoisotopic (exact) mass is 120 g/mol. The first kappa shape index (κ1) is 6.11. The van der Waals surface area contributed by atoms with Crippen LogP contribution < -0.4 is 0 Å². The Balaban J connectivity index is 2.13. The zero-order valence-electron chi connectivity index (χ0n) is 5.17. The van der Waals surface area contributed by atoms with Gasteiger partial charge in [0.25, 0.3) is 0 Å².